The Hall–Kier alpha value is -6.58. The molecule has 3 heteroatoms. The van der Waals surface area contributed by atoms with Crippen LogP contribution in [0.5, 0.6) is 0 Å². The smallest absolute Gasteiger partial charge is 0.138 e. The molecule has 0 aliphatic heterocycles. The predicted molar refractivity (Wildman–Crippen MR) is 205 cm³/mol. The summed E-state index contributed by atoms with van der Waals surface area (Å²) in [6, 6.07) is 58.7. The summed E-state index contributed by atoms with van der Waals surface area (Å²) in [6.07, 6.45) is 3.74. The molecule has 0 fully saturated rings. The van der Waals surface area contributed by atoms with Crippen LogP contribution >= 0.6 is 0 Å². The lowest BCUT2D eigenvalue weighted by atomic mass is 9.82. The third-order valence-corrected chi connectivity index (χ3v) is 9.85. The topological polar surface area (TPSA) is 29.0 Å². The molecule has 2 heterocycles. The van der Waals surface area contributed by atoms with Crippen LogP contribution in [-0.4, -0.2) is 9.97 Å². The number of fused-ring (bicyclic) bond motifs is 5. The van der Waals surface area contributed by atoms with Crippen LogP contribution in [0.2, 0.25) is 0 Å². The molecule has 10 rings (SSSR count). The van der Waals surface area contributed by atoms with Crippen molar-refractivity contribution in [3.05, 3.63) is 176 Å². The number of hydrogen-bond donors (Lipinski definition) is 0. The molecule has 0 N–H and O–H groups in total. The van der Waals surface area contributed by atoms with Crippen molar-refractivity contribution in [2.24, 2.45) is 0 Å². The summed E-state index contributed by atoms with van der Waals surface area (Å²) in [6.45, 7) is 0. The molecule has 1 aliphatic rings. The summed E-state index contributed by atoms with van der Waals surface area (Å²) in [5.41, 5.74) is 13.1. The fourth-order valence-electron chi connectivity index (χ4n) is 7.85. The first-order valence-electron chi connectivity index (χ1n) is 16.7. The summed E-state index contributed by atoms with van der Waals surface area (Å²) >= 11 is 0. The number of pyridine rings is 2. The van der Waals surface area contributed by atoms with Crippen molar-refractivity contribution in [1.82, 2.24) is 9.97 Å². The molecule has 0 unspecified atom stereocenters. The van der Waals surface area contributed by atoms with E-state index in [9.17, 15) is 0 Å². The summed E-state index contributed by atoms with van der Waals surface area (Å²) in [5.74, 6) is 0.851. The van der Waals surface area contributed by atoms with Gasteiger partial charge in [0.15, 0.2) is 0 Å². The molecule has 0 atom stereocenters. The van der Waals surface area contributed by atoms with Gasteiger partial charge < -0.3 is 0 Å². The van der Waals surface area contributed by atoms with Gasteiger partial charge in [0, 0.05) is 17.0 Å². The Morgan fingerprint density at radius 1 is 0.429 bits per heavy atom. The second-order valence-corrected chi connectivity index (χ2v) is 12.5. The van der Waals surface area contributed by atoms with E-state index in [1.54, 1.807) is 0 Å². The van der Waals surface area contributed by atoms with Gasteiger partial charge in [0.05, 0.1) is 23.1 Å². The highest BCUT2D eigenvalue weighted by Gasteiger charge is 2.32. The SMILES string of the molecule is c1ccc(-c2c3c(c(-c4ccccc4)c4ccccc24)-c2ccc(N(c4cccnc4)c4ccc5ccccc5n4)c4cccc-3c24)cc1. The van der Waals surface area contributed by atoms with E-state index in [1.807, 2.05) is 24.5 Å². The highest BCUT2D eigenvalue weighted by Crippen LogP contribution is 2.59. The van der Waals surface area contributed by atoms with Gasteiger partial charge in [-0.1, -0.05) is 127 Å². The molecule has 7 aromatic carbocycles. The first kappa shape index (κ1) is 27.5. The number of rotatable bonds is 5. The standard InChI is InChI=1S/C46H29N3/c1-3-14-31(15-4-1)42-34-19-8-9-20-35(34)43(32-16-5-2-6-17-32)46-38-25-26-40(36-21-11-22-37(44(36)38)45(42)46)49(33-18-12-28-47-29-33)41-27-24-30-13-7-10-23-39(30)48-41/h1-29H. The van der Waals surface area contributed by atoms with E-state index in [-0.39, 0.29) is 0 Å². The van der Waals surface area contributed by atoms with E-state index in [0.29, 0.717) is 0 Å². The van der Waals surface area contributed by atoms with Crippen molar-refractivity contribution >= 4 is 49.6 Å². The Bertz CT molecular complexity index is 2610. The Morgan fingerprint density at radius 3 is 1.76 bits per heavy atom. The molecule has 3 nitrogen and oxygen atoms in total. The zero-order valence-corrected chi connectivity index (χ0v) is 26.6. The average Bonchev–Trinajstić information content (AvgIpc) is 3.50. The molecule has 1 aliphatic carbocycles. The van der Waals surface area contributed by atoms with Crippen LogP contribution in [0.15, 0.2) is 176 Å². The molecule has 0 amide bonds. The maximum atomic E-state index is 5.18. The van der Waals surface area contributed by atoms with E-state index in [2.05, 4.69) is 162 Å². The summed E-state index contributed by atoms with van der Waals surface area (Å²) in [7, 11) is 0. The zero-order valence-electron chi connectivity index (χ0n) is 26.6. The van der Waals surface area contributed by atoms with Crippen molar-refractivity contribution in [3.8, 4) is 44.5 Å². The van der Waals surface area contributed by atoms with Gasteiger partial charge in [-0.05, 0) is 97.1 Å². The Balaban J connectivity index is 1.32. The molecule has 2 aromatic heterocycles. The maximum Gasteiger partial charge on any atom is 0.138 e. The molecule has 0 bridgehead atoms. The van der Waals surface area contributed by atoms with Gasteiger partial charge in [0.25, 0.3) is 0 Å². The molecule has 228 valence electrons. The number of hydrogen-bond acceptors (Lipinski definition) is 3. The molecule has 0 spiro atoms. The van der Waals surface area contributed by atoms with Crippen LogP contribution in [0.3, 0.4) is 0 Å². The minimum absolute atomic E-state index is 0.851. The van der Waals surface area contributed by atoms with E-state index in [1.165, 1.54) is 66.1 Å². The van der Waals surface area contributed by atoms with Crippen LogP contribution in [0.4, 0.5) is 17.2 Å². The quantitative estimate of drug-likeness (QED) is 0.191. The van der Waals surface area contributed by atoms with E-state index >= 15 is 0 Å². The van der Waals surface area contributed by atoms with Crippen molar-refractivity contribution in [2.45, 2.75) is 0 Å². The Kier molecular flexibility index (Phi) is 6.18. The fourth-order valence-corrected chi connectivity index (χ4v) is 7.85. The van der Waals surface area contributed by atoms with E-state index in [0.717, 1.165) is 28.1 Å². The van der Waals surface area contributed by atoms with Crippen LogP contribution in [0.1, 0.15) is 0 Å². The minimum Gasteiger partial charge on any atom is -0.293 e. The lowest BCUT2D eigenvalue weighted by Crippen LogP contribution is -2.12. The van der Waals surface area contributed by atoms with Crippen LogP contribution in [-0.2, 0) is 0 Å². The maximum absolute atomic E-state index is 5.18. The molecule has 0 saturated heterocycles. The first-order chi connectivity index (χ1) is 24.3. The highest BCUT2D eigenvalue weighted by atomic mass is 15.2. The van der Waals surface area contributed by atoms with Gasteiger partial charge in [-0.2, -0.15) is 0 Å². The normalized spacial score (nSPS) is 11.7. The lowest BCUT2D eigenvalue weighted by Gasteiger charge is -2.26. The van der Waals surface area contributed by atoms with Gasteiger partial charge in [-0.3, -0.25) is 9.88 Å². The van der Waals surface area contributed by atoms with E-state index in [4.69, 9.17) is 4.98 Å². The molecule has 49 heavy (non-hydrogen) atoms. The van der Waals surface area contributed by atoms with Gasteiger partial charge >= 0.3 is 0 Å². The van der Waals surface area contributed by atoms with Gasteiger partial charge in [-0.15, -0.1) is 0 Å². The third kappa shape index (κ3) is 4.23. The second-order valence-electron chi connectivity index (χ2n) is 12.5. The number of benzene rings is 7. The number of para-hydroxylation sites is 1. The van der Waals surface area contributed by atoms with Gasteiger partial charge in [0.1, 0.15) is 5.82 Å². The highest BCUT2D eigenvalue weighted by molar-refractivity contribution is 6.29. The number of nitrogens with zero attached hydrogens (tertiary/aromatic N) is 3. The number of anilines is 3. The molecular weight excluding hydrogens is 595 g/mol. The van der Waals surface area contributed by atoms with E-state index < -0.39 is 0 Å². The predicted octanol–water partition coefficient (Wildman–Crippen LogP) is 12.4. The number of aromatic nitrogens is 2. The molecular formula is C46H29N3. The largest absolute Gasteiger partial charge is 0.293 e. The van der Waals surface area contributed by atoms with Crippen LogP contribution in [0, 0.1) is 0 Å². The molecule has 9 aromatic rings. The monoisotopic (exact) mass is 623 g/mol. The van der Waals surface area contributed by atoms with Crippen molar-refractivity contribution in [1.29, 1.82) is 0 Å². The molecule has 0 saturated carbocycles. The third-order valence-electron chi connectivity index (χ3n) is 9.85. The second kappa shape index (κ2) is 11.0. The van der Waals surface area contributed by atoms with Crippen LogP contribution < -0.4 is 4.90 Å². The Morgan fingerprint density at radius 2 is 1.06 bits per heavy atom. The minimum atomic E-state index is 0.851. The summed E-state index contributed by atoms with van der Waals surface area (Å²) in [5, 5.41) is 6.06. The van der Waals surface area contributed by atoms with Crippen LogP contribution in [0.25, 0.3) is 77.0 Å². The van der Waals surface area contributed by atoms with Crippen molar-refractivity contribution < 1.29 is 0 Å². The lowest BCUT2D eigenvalue weighted by molar-refractivity contribution is 1.19. The molecule has 0 radical (unpaired) electrons. The summed E-state index contributed by atoms with van der Waals surface area (Å²) < 4.78 is 0. The first-order valence-corrected chi connectivity index (χ1v) is 16.7. The van der Waals surface area contributed by atoms with Gasteiger partial charge in [-0.25, -0.2) is 4.98 Å². The fraction of sp³-hybridized carbons (Fsp3) is 0. The Labute approximate surface area is 284 Å². The van der Waals surface area contributed by atoms with Gasteiger partial charge in [0.2, 0.25) is 0 Å². The van der Waals surface area contributed by atoms with Crippen molar-refractivity contribution in [2.75, 3.05) is 4.90 Å². The average molecular weight is 624 g/mol. The zero-order chi connectivity index (χ0) is 32.3. The summed E-state index contributed by atoms with van der Waals surface area (Å²) in [4.78, 5) is 12.0. The van der Waals surface area contributed by atoms with Crippen molar-refractivity contribution in [3.63, 3.8) is 0 Å².